The van der Waals surface area contributed by atoms with Crippen molar-refractivity contribution < 1.29 is 9.72 Å². The molecule has 0 aliphatic carbocycles. The van der Waals surface area contributed by atoms with Gasteiger partial charge in [-0.05, 0) is 113 Å². The largest absolute Gasteiger partial charge is 0.368 e. The number of nitro groups is 1. The van der Waals surface area contributed by atoms with Crippen molar-refractivity contribution in [3.63, 3.8) is 0 Å². The lowest BCUT2D eigenvalue weighted by Crippen LogP contribution is -2.43. The molecule has 44 heavy (non-hydrogen) atoms. The normalized spacial score (nSPS) is 12.0. The lowest BCUT2D eigenvalue weighted by atomic mass is 9.82. The van der Waals surface area contributed by atoms with Crippen LogP contribution in [0.5, 0.6) is 0 Å². The minimum Gasteiger partial charge on any atom is -0.368 e. The van der Waals surface area contributed by atoms with Gasteiger partial charge in [-0.15, -0.1) is 0 Å². The lowest BCUT2D eigenvalue weighted by molar-refractivity contribution is -0.463. The summed E-state index contributed by atoms with van der Waals surface area (Å²) in [6, 6.07) is 16.6. The number of fused-ring (bicyclic) bond motifs is 1. The number of hydrogen-bond donors (Lipinski definition) is 2. The molecule has 0 saturated heterocycles. The van der Waals surface area contributed by atoms with E-state index in [1.54, 1.807) is 12.4 Å². The summed E-state index contributed by atoms with van der Waals surface area (Å²) in [6.07, 6.45) is 4.76. The Morgan fingerprint density at radius 3 is 2.34 bits per heavy atom. The predicted octanol–water partition coefficient (Wildman–Crippen LogP) is 6.04. The van der Waals surface area contributed by atoms with Crippen LogP contribution in [0.1, 0.15) is 55.5 Å². The highest BCUT2D eigenvalue weighted by Crippen LogP contribution is 2.35. The van der Waals surface area contributed by atoms with Crippen molar-refractivity contribution in [1.82, 2.24) is 20.2 Å². The van der Waals surface area contributed by atoms with Gasteiger partial charge in [-0.3, -0.25) is 24.9 Å². The van der Waals surface area contributed by atoms with Crippen LogP contribution in [0.2, 0.25) is 0 Å². The molecule has 0 fully saturated rings. The number of pyridine rings is 1. The zero-order chi connectivity index (χ0) is 31.9. The average molecular weight is 597 g/mol. The molecule has 2 N–H and O–H groups in total. The Morgan fingerprint density at radius 1 is 1.02 bits per heavy atom. The number of carbonyl (C=O) groups excluding carboxylic acids is 1. The topological polar surface area (TPSA) is 117 Å². The lowest BCUT2D eigenvalue weighted by Gasteiger charge is -2.31. The maximum absolute atomic E-state index is 13.5. The van der Waals surface area contributed by atoms with Gasteiger partial charge in [0.2, 0.25) is 5.91 Å². The first-order valence-electron chi connectivity index (χ1n) is 15.3. The van der Waals surface area contributed by atoms with Gasteiger partial charge in [0.15, 0.2) is 5.84 Å². The number of benzene rings is 2. The number of likely N-dealkylation sites (N-methyl/N-ethyl adjacent to an activating group) is 1. The molecule has 1 amide bonds. The van der Waals surface area contributed by atoms with Crippen LogP contribution in [0.15, 0.2) is 65.9 Å². The van der Waals surface area contributed by atoms with E-state index in [-0.39, 0.29) is 17.4 Å². The molecule has 0 aliphatic heterocycles. The van der Waals surface area contributed by atoms with Crippen LogP contribution >= 0.6 is 0 Å². The van der Waals surface area contributed by atoms with Gasteiger partial charge >= 0.3 is 0 Å². The number of amides is 1. The molecule has 0 radical (unpaired) electrons. The van der Waals surface area contributed by atoms with Crippen LogP contribution in [-0.4, -0.2) is 64.3 Å². The number of rotatable bonds is 13. The fourth-order valence-electron chi connectivity index (χ4n) is 5.78. The van der Waals surface area contributed by atoms with Gasteiger partial charge in [0, 0.05) is 60.1 Å². The van der Waals surface area contributed by atoms with Crippen molar-refractivity contribution in [2.75, 3.05) is 32.7 Å². The van der Waals surface area contributed by atoms with Gasteiger partial charge < -0.3 is 15.2 Å². The van der Waals surface area contributed by atoms with Gasteiger partial charge in [0.25, 0.3) is 6.54 Å². The third kappa shape index (κ3) is 7.70. The number of aryl methyl sites for hydroxylation is 2. The number of nitrogens with zero attached hydrogens (tertiary/aromatic N) is 4. The Bertz CT molecular complexity index is 1620. The minimum absolute atomic E-state index is 0.0975. The first kappa shape index (κ1) is 32.4. The van der Waals surface area contributed by atoms with E-state index < -0.39 is 5.41 Å². The maximum Gasteiger partial charge on any atom is 0.259 e. The molecule has 4 aromatic rings. The Morgan fingerprint density at radius 2 is 1.70 bits per heavy atom. The summed E-state index contributed by atoms with van der Waals surface area (Å²) in [5, 5.41) is 15.6. The van der Waals surface area contributed by atoms with Crippen molar-refractivity contribution in [2.24, 2.45) is 4.99 Å². The van der Waals surface area contributed by atoms with Crippen LogP contribution < -0.4 is 5.32 Å². The summed E-state index contributed by atoms with van der Waals surface area (Å²) in [5.41, 5.74) is 7.83. The SMILES string of the molecule is CCN(CC)C(=O)C(C)(C)c1ccc2[nH]c(-c3cc(C)cc(C)c3)c(CCN=C(C[N+](=O)[O-])NCCc3ccncc3)c2c1. The van der Waals surface area contributed by atoms with E-state index in [0.717, 1.165) is 38.9 Å². The highest BCUT2D eigenvalue weighted by Gasteiger charge is 2.33. The quantitative estimate of drug-likeness (QED) is 0.0845. The maximum atomic E-state index is 13.5. The Labute approximate surface area is 260 Å². The van der Waals surface area contributed by atoms with Gasteiger partial charge in [-0.1, -0.05) is 23.3 Å². The molecule has 0 spiro atoms. The molecular weight excluding hydrogens is 552 g/mol. The molecule has 0 unspecified atom stereocenters. The molecule has 0 saturated carbocycles. The van der Waals surface area contributed by atoms with E-state index >= 15 is 0 Å². The minimum atomic E-state index is -0.704. The summed E-state index contributed by atoms with van der Waals surface area (Å²) in [4.78, 5) is 38.8. The highest BCUT2D eigenvalue weighted by molar-refractivity contribution is 5.94. The zero-order valence-corrected chi connectivity index (χ0v) is 26.7. The first-order valence-corrected chi connectivity index (χ1v) is 15.3. The molecule has 0 bridgehead atoms. The van der Waals surface area contributed by atoms with E-state index in [2.05, 4.69) is 64.5 Å². The zero-order valence-electron chi connectivity index (χ0n) is 26.7. The van der Waals surface area contributed by atoms with Crippen LogP contribution in [0, 0.1) is 24.0 Å². The van der Waals surface area contributed by atoms with E-state index in [4.69, 9.17) is 0 Å². The van der Waals surface area contributed by atoms with Crippen LogP contribution in [0.4, 0.5) is 0 Å². The number of nitrogens with one attached hydrogen (secondary N) is 2. The van der Waals surface area contributed by atoms with Crippen LogP contribution in [-0.2, 0) is 23.1 Å². The molecule has 2 aromatic heterocycles. The van der Waals surface area contributed by atoms with E-state index in [1.165, 1.54) is 11.1 Å². The summed E-state index contributed by atoms with van der Waals surface area (Å²) in [6.45, 7) is 14.0. The van der Waals surface area contributed by atoms with Gasteiger partial charge in [0.05, 0.1) is 5.41 Å². The fraction of sp³-hybridized carbons (Fsp3) is 0.400. The van der Waals surface area contributed by atoms with Crippen molar-refractivity contribution in [1.29, 1.82) is 0 Å². The summed E-state index contributed by atoms with van der Waals surface area (Å²) >= 11 is 0. The number of carbonyl (C=O) groups is 1. The predicted molar refractivity (Wildman–Crippen MR) is 178 cm³/mol. The Kier molecular flexibility index (Phi) is 10.5. The second-order valence-corrected chi connectivity index (χ2v) is 11.8. The summed E-state index contributed by atoms with van der Waals surface area (Å²) in [5.74, 6) is 0.462. The number of aromatic nitrogens is 2. The number of amidine groups is 1. The molecule has 9 heteroatoms. The van der Waals surface area contributed by atoms with Crippen LogP contribution in [0.3, 0.4) is 0 Å². The standard InChI is InChI=1S/C35H44N6O3/c1-7-40(8-2)34(42)35(5,6)28-9-10-31-30(22-28)29(33(39-31)27-20-24(3)19-25(4)21-27)14-18-38-32(23-41(43)44)37-17-13-26-11-15-36-16-12-26/h9-12,15-16,19-22,39H,7-8,13-14,17-18,23H2,1-6H3,(H,37,38). The van der Waals surface area contributed by atoms with Gasteiger partial charge in [-0.2, -0.15) is 0 Å². The van der Waals surface area contributed by atoms with Crippen molar-refractivity contribution in [3.05, 3.63) is 98.9 Å². The molecular formula is C35H44N6O3. The van der Waals surface area contributed by atoms with Gasteiger partial charge in [0.1, 0.15) is 0 Å². The smallest absolute Gasteiger partial charge is 0.259 e. The second kappa shape index (κ2) is 14.3. The van der Waals surface area contributed by atoms with E-state index in [9.17, 15) is 14.9 Å². The third-order valence-corrected chi connectivity index (χ3v) is 8.16. The fourth-order valence-corrected chi connectivity index (χ4v) is 5.78. The Hall–Kier alpha value is -4.53. The van der Waals surface area contributed by atoms with Crippen LogP contribution in [0.25, 0.3) is 22.2 Å². The van der Waals surface area contributed by atoms with Crippen molar-refractivity contribution >= 4 is 22.6 Å². The summed E-state index contributed by atoms with van der Waals surface area (Å²) in [7, 11) is 0. The molecule has 4 rings (SSSR count). The molecule has 0 aliphatic rings. The van der Waals surface area contributed by atoms with E-state index in [0.29, 0.717) is 44.9 Å². The number of aliphatic imine (C=N–C) groups is 1. The van der Waals surface area contributed by atoms with Crippen molar-refractivity contribution in [2.45, 2.75) is 59.8 Å². The molecule has 232 valence electrons. The van der Waals surface area contributed by atoms with E-state index in [1.807, 2.05) is 50.8 Å². The average Bonchev–Trinajstić information content (AvgIpc) is 3.35. The van der Waals surface area contributed by atoms with Gasteiger partial charge in [-0.25, -0.2) is 0 Å². The first-order chi connectivity index (χ1) is 21.0. The number of aromatic amines is 1. The second-order valence-electron chi connectivity index (χ2n) is 11.8. The number of hydrogen-bond acceptors (Lipinski definition) is 5. The summed E-state index contributed by atoms with van der Waals surface area (Å²) < 4.78 is 0. The number of H-pyrrole nitrogens is 1. The molecule has 2 heterocycles. The highest BCUT2D eigenvalue weighted by atomic mass is 16.6. The third-order valence-electron chi connectivity index (χ3n) is 8.16. The Balaban J connectivity index is 1.69. The molecule has 0 atom stereocenters. The van der Waals surface area contributed by atoms with Crippen molar-refractivity contribution in [3.8, 4) is 11.3 Å². The molecule has 9 nitrogen and oxygen atoms in total. The molecule has 2 aromatic carbocycles. The monoisotopic (exact) mass is 596 g/mol.